The third kappa shape index (κ3) is 2.22. The van der Waals surface area contributed by atoms with Crippen molar-refractivity contribution < 1.29 is 4.74 Å². The number of ether oxygens (including phenoxy) is 1. The van der Waals surface area contributed by atoms with Crippen molar-refractivity contribution in [2.45, 2.75) is 19.4 Å². The largest absolute Gasteiger partial charge is 0.481 e. The zero-order valence-corrected chi connectivity index (χ0v) is 11.3. The molecule has 1 aliphatic rings. The fourth-order valence-electron chi connectivity index (χ4n) is 2.74. The van der Waals surface area contributed by atoms with Crippen molar-refractivity contribution >= 4 is 0 Å². The SMILES string of the molecule is COc1ccc(-c2cccc3c2CCNC3C)cn1. The summed E-state index contributed by atoms with van der Waals surface area (Å²) >= 11 is 0. The molecule has 1 aliphatic heterocycles. The van der Waals surface area contributed by atoms with Crippen LogP contribution in [-0.4, -0.2) is 18.6 Å². The molecule has 0 amide bonds. The zero-order valence-electron chi connectivity index (χ0n) is 11.3. The highest BCUT2D eigenvalue weighted by Gasteiger charge is 2.18. The lowest BCUT2D eigenvalue weighted by molar-refractivity contribution is 0.398. The number of fused-ring (bicyclic) bond motifs is 1. The molecular formula is C16H18N2O. The predicted octanol–water partition coefficient (Wildman–Crippen LogP) is 2.96. The molecule has 3 nitrogen and oxygen atoms in total. The van der Waals surface area contributed by atoms with Crippen molar-refractivity contribution in [2.75, 3.05) is 13.7 Å². The first-order valence-corrected chi connectivity index (χ1v) is 6.65. The van der Waals surface area contributed by atoms with Crippen molar-refractivity contribution in [2.24, 2.45) is 0 Å². The summed E-state index contributed by atoms with van der Waals surface area (Å²) in [5.41, 5.74) is 5.30. The Hall–Kier alpha value is -1.87. The summed E-state index contributed by atoms with van der Waals surface area (Å²) in [4.78, 5) is 4.30. The molecule has 2 aromatic rings. The number of nitrogens with zero attached hydrogens (tertiary/aromatic N) is 1. The lowest BCUT2D eigenvalue weighted by atomic mass is 9.89. The van der Waals surface area contributed by atoms with Gasteiger partial charge < -0.3 is 10.1 Å². The van der Waals surface area contributed by atoms with Crippen molar-refractivity contribution in [1.82, 2.24) is 10.3 Å². The molecule has 0 aliphatic carbocycles. The van der Waals surface area contributed by atoms with Gasteiger partial charge in [-0.1, -0.05) is 18.2 Å². The van der Waals surface area contributed by atoms with E-state index in [1.54, 1.807) is 7.11 Å². The summed E-state index contributed by atoms with van der Waals surface area (Å²) in [6.07, 6.45) is 2.96. The first-order chi connectivity index (χ1) is 9.29. The number of hydrogen-bond donors (Lipinski definition) is 1. The minimum Gasteiger partial charge on any atom is -0.481 e. The average molecular weight is 254 g/mol. The molecule has 3 heteroatoms. The summed E-state index contributed by atoms with van der Waals surface area (Å²) in [6.45, 7) is 3.25. The molecule has 1 aromatic carbocycles. The van der Waals surface area contributed by atoms with Gasteiger partial charge in [0, 0.05) is 23.9 Å². The number of rotatable bonds is 2. The third-order valence-corrected chi connectivity index (χ3v) is 3.76. The number of pyridine rings is 1. The minimum atomic E-state index is 0.426. The zero-order chi connectivity index (χ0) is 13.2. The summed E-state index contributed by atoms with van der Waals surface area (Å²) in [5, 5.41) is 3.50. The summed E-state index contributed by atoms with van der Waals surface area (Å²) in [7, 11) is 1.64. The molecule has 0 saturated heterocycles. The van der Waals surface area contributed by atoms with Gasteiger partial charge in [-0.2, -0.15) is 0 Å². The fraction of sp³-hybridized carbons (Fsp3) is 0.312. The fourth-order valence-corrected chi connectivity index (χ4v) is 2.74. The standard InChI is InChI=1S/C16H18N2O/c1-11-13-4-3-5-14(15(13)8-9-17-11)12-6-7-16(19-2)18-10-12/h3-7,10-11,17H,8-9H2,1-2H3. The number of hydrogen-bond acceptors (Lipinski definition) is 3. The van der Waals surface area contributed by atoms with E-state index < -0.39 is 0 Å². The number of aromatic nitrogens is 1. The quantitative estimate of drug-likeness (QED) is 0.894. The summed E-state index contributed by atoms with van der Waals surface area (Å²) in [6, 6.07) is 10.9. The molecule has 0 fully saturated rings. The summed E-state index contributed by atoms with van der Waals surface area (Å²) in [5.74, 6) is 0.656. The first kappa shape index (κ1) is 12.2. The van der Waals surface area contributed by atoms with Gasteiger partial charge >= 0.3 is 0 Å². The Bertz CT molecular complexity index is 578. The van der Waals surface area contributed by atoms with Crippen LogP contribution in [0.4, 0.5) is 0 Å². The monoisotopic (exact) mass is 254 g/mol. The molecular weight excluding hydrogens is 236 g/mol. The van der Waals surface area contributed by atoms with Crippen LogP contribution in [0.1, 0.15) is 24.1 Å². The Morgan fingerprint density at radius 2 is 2.16 bits per heavy atom. The Kier molecular flexibility index (Phi) is 3.22. The van der Waals surface area contributed by atoms with Crippen LogP contribution in [0.2, 0.25) is 0 Å². The van der Waals surface area contributed by atoms with E-state index in [0.29, 0.717) is 11.9 Å². The normalized spacial score (nSPS) is 17.9. The Labute approximate surface area is 113 Å². The molecule has 3 rings (SSSR count). The number of methoxy groups -OCH3 is 1. The second-order valence-corrected chi connectivity index (χ2v) is 4.89. The van der Waals surface area contributed by atoms with Gasteiger partial charge in [-0.25, -0.2) is 4.98 Å². The lowest BCUT2D eigenvalue weighted by Gasteiger charge is -2.26. The van der Waals surface area contributed by atoms with Crippen LogP contribution in [-0.2, 0) is 6.42 Å². The van der Waals surface area contributed by atoms with E-state index in [9.17, 15) is 0 Å². The van der Waals surface area contributed by atoms with Gasteiger partial charge in [-0.3, -0.25) is 0 Å². The van der Waals surface area contributed by atoms with Crippen molar-refractivity contribution in [3.63, 3.8) is 0 Å². The maximum atomic E-state index is 5.11. The topological polar surface area (TPSA) is 34.1 Å². The lowest BCUT2D eigenvalue weighted by Crippen LogP contribution is -2.28. The van der Waals surface area contributed by atoms with E-state index in [1.807, 2.05) is 12.3 Å². The molecule has 0 saturated carbocycles. The van der Waals surface area contributed by atoms with Gasteiger partial charge in [0.15, 0.2) is 0 Å². The molecule has 2 heterocycles. The van der Waals surface area contributed by atoms with Crippen molar-refractivity contribution in [1.29, 1.82) is 0 Å². The highest BCUT2D eigenvalue weighted by Crippen LogP contribution is 2.32. The Morgan fingerprint density at radius 3 is 2.89 bits per heavy atom. The van der Waals surface area contributed by atoms with E-state index in [0.717, 1.165) is 18.5 Å². The molecule has 1 aromatic heterocycles. The molecule has 1 atom stereocenters. The van der Waals surface area contributed by atoms with Gasteiger partial charge in [0.25, 0.3) is 0 Å². The number of nitrogens with one attached hydrogen (secondary N) is 1. The van der Waals surface area contributed by atoms with Gasteiger partial charge in [-0.15, -0.1) is 0 Å². The molecule has 1 unspecified atom stereocenters. The van der Waals surface area contributed by atoms with Crippen LogP contribution < -0.4 is 10.1 Å². The second-order valence-electron chi connectivity index (χ2n) is 4.89. The van der Waals surface area contributed by atoms with Crippen LogP contribution in [0, 0.1) is 0 Å². The second kappa shape index (κ2) is 5.02. The molecule has 98 valence electrons. The molecule has 1 N–H and O–H groups in total. The maximum absolute atomic E-state index is 5.11. The third-order valence-electron chi connectivity index (χ3n) is 3.76. The molecule has 0 bridgehead atoms. The van der Waals surface area contributed by atoms with Gasteiger partial charge in [-0.05, 0) is 42.6 Å². The van der Waals surface area contributed by atoms with Gasteiger partial charge in [0.2, 0.25) is 5.88 Å². The maximum Gasteiger partial charge on any atom is 0.212 e. The van der Waals surface area contributed by atoms with Crippen LogP contribution in [0.3, 0.4) is 0 Å². The van der Waals surface area contributed by atoms with E-state index in [1.165, 1.54) is 16.7 Å². The minimum absolute atomic E-state index is 0.426. The van der Waals surface area contributed by atoms with E-state index in [-0.39, 0.29) is 0 Å². The van der Waals surface area contributed by atoms with E-state index >= 15 is 0 Å². The highest BCUT2D eigenvalue weighted by molar-refractivity contribution is 5.69. The van der Waals surface area contributed by atoms with Gasteiger partial charge in [0.05, 0.1) is 7.11 Å². The Morgan fingerprint density at radius 1 is 1.26 bits per heavy atom. The summed E-state index contributed by atoms with van der Waals surface area (Å²) < 4.78 is 5.11. The molecule has 0 radical (unpaired) electrons. The molecule has 19 heavy (non-hydrogen) atoms. The molecule has 0 spiro atoms. The van der Waals surface area contributed by atoms with Crippen LogP contribution in [0.25, 0.3) is 11.1 Å². The predicted molar refractivity (Wildman–Crippen MR) is 76.3 cm³/mol. The van der Waals surface area contributed by atoms with Crippen molar-refractivity contribution in [3.8, 4) is 17.0 Å². The smallest absolute Gasteiger partial charge is 0.212 e. The van der Waals surface area contributed by atoms with E-state index in [2.05, 4.69) is 41.5 Å². The van der Waals surface area contributed by atoms with Crippen molar-refractivity contribution in [3.05, 3.63) is 47.7 Å². The first-order valence-electron chi connectivity index (χ1n) is 6.65. The Balaban J connectivity index is 2.07. The van der Waals surface area contributed by atoms with E-state index in [4.69, 9.17) is 4.74 Å². The number of benzene rings is 1. The highest BCUT2D eigenvalue weighted by atomic mass is 16.5. The van der Waals surface area contributed by atoms with Crippen LogP contribution in [0.15, 0.2) is 36.5 Å². The average Bonchev–Trinajstić information content (AvgIpc) is 2.47. The van der Waals surface area contributed by atoms with Gasteiger partial charge in [0.1, 0.15) is 0 Å². The van der Waals surface area contributed by atoms with Crippen LogP contribution in [0.5, 0.6) is 5.88 Å². The van der Waals surface area contributed by atoms with Crippen LogP contribution >= 0.6 is 0 Å².